The molecule has 8 unspecified atom stereocenters. The molecule has 8 atom stereocenters. The minimum absolute atomic E-state index is 0.0689. The largest absolute Gasteiger partial charge is 0.462 e. The molecular formula is C11H14O3. The van der Waals surface area contributed by atoms with Gasteiger partial charge in [-0.05, 0) is 36.0 Å². The molecule has 3 nitrogen and oxygen atoms in total. The fourth-order valence-electron chi connectivity index (χ4n) is 5.04. The average molecular weight is 194 g/mol. The van der Waals surface area contributed by atoms with Gasteiger partial charge in [0.1, 0.15) is 6.10 Å². The summed E-state index contributed by atoms with van der Waals surface area (Å²) in [5, 5.41) is 9.94. The first kappa shape index (κ1) is 7.69. The molecule has 5 fully saturated rings. The minimum atomic E-state index is -0.161. The number of aliphatic hydroxyl groups excluding tert-OH is 1. The molecule has 0 amide bonds. The van der Waals surface area contributed by atoms with E-state index in [2.05, 4.69) is 0 Å². The van der Waals surface area contributed by atoms with E-state index in [9.17, 15) is 9.90 Å². The highest BCUT2D eigenvalue weighted by molar-refractivity contribution is 5.66. The summed E-state index contributed by atoms with van der Waals surface area (Å²) in [5.41, 5.74) is 0. The van der Waals surface area contributed by atoms with E-state index < -0.39 is 0 Å². The van der Waals surface area contributed by atoms with Crippen LogP contribution in [0.15, 0.2) is 0 Å². The lowest BCUT2D eigenvalue weighted by atomic mass is 9.97. The monoisotopic (exact) mass is 194 g/mol. The molecule has 5 aliphatic carbocycles. The van der Waals surface area contributed by atoms with Gasteiger partial charge in [0.2, 0.25) is 0 Å². The summed E-state index contributed by atoms with van der Waals surface area (Å²) in [6.45, 7) is 1.48. The maximum atomic E-state index is 10.9. The van der Waals surface area contributed by atoms with Crippen molar-refractivity contribution in [2.75, 3.05) is 0 Å². The van der Waals surface area contributed by atoms with E-state index in [4.69, 9.17) is 4.74 Å². The van der Waals surface area contributed by atoms with Crippen LogP contribution in [0.3, 0.4) is 0 Å². The molecule has 0 radical (unpaired) electrons. The van der Waals surface area contributed by atoms with Gasteiger partial charge in [0.15, 0.2) is 0 Å². The molecule has 76 valence electrons. The van der Waals surface area contributed by atoms with Crippen molar-refractivity contribution in [1.82, 2.24) is 0 Å². The van der Waals surface area contributed by atoms with Crippen LogP contribution in [0.1, 0.15) is 13.3 Å². The maximum Gasteiger partial charge on any atom is 0.302 e. The van der Waals surface area contributed by atoms with E-state index in [0.717, 1.165) is 12.3 Å². The van der Waals surface area contributed by atoms with Crippen LogP contribution in [-0.2, 0) is 9.53 Å². The molecule has 0 spiro atoms. The highest BCUT2D eigenvalue weighted by atomic mass is 16.5. The van der Waals surface area contributed by atoms with Gasteiger partial charge in [-0.15, -0.1) is 0 Å². The van der Waals surface area contributed by atoms with E-state index in [1.165, 1.54) is 6.92 Å². The van der Waals surface area contributed by atoms with Crippen LogP contribution in [0.5, 0.6) is 0 Å². The fraction of sp³-hybridized carbons (Fsp3) is 0.909. The van der Waals surface area contributed by atoms with E-state index in [1.54, 1.807) is 0 Å². The van der Waals surface area contributed by atoms with Gasteiger partial charge in [-0.3, -0.25) is 4.79 Å². The summed E-state index contributed by atoms with van der Waals surface area (Å²) < 4.78 is 5.34. The van der Waals surface area contributed by atoms with Crippen molar-refractivity contribution >= 4 is 5.97 Å². The van der Waals surface area contributed by atoms with Crippen LogP contribution in [0.25, 0.3) is 0 Å². The molecule has 1 N–H and O–H groups in total. The third kappa shape index (κ3) is 0.602. The zero-order valence-corrected chi connectivity index (χ0v) is 8.09. The molecule has 0 aromatic heterocycles. The molecule has 14 heavy (non-hydrogen) atoms. The Balaban J connectivity index is 1.64. The topological polar surface area (TPSA) is 46.5 Å². The fourth-order valence-corrected chi connectivity index (χ4v) is 5.04. The second kappa shape index (κ2) is 2.01. The normalized spacial score (nSPS) is 65.9. The van der Waals surface area contributed by atoms with Crippen molar-refractivity contribution in [3.8, 4) is 0 Å². The number of hydrogen-bond donors (Lipinski definition) is 1. The quantitative estimate of drug-likeness (QED) is 0.615. The predicted molar refractivity (Wildman–Crippen MR) is 47.1 cm³/mol. The molecule has 3 heteroatoms. The Morgan fingerprint density at radius 2 is 2.00 bits per heavy atom. The number of hydrogen-bond acceptors (Lipinski definition) is 3. The molecular weight excluding hydrogens is 180 g/mol. The van der Waals surface area contributed by atoms with Gasteiger partial charge < -0.3 is 9.84 Å². The van der Waals surface area contributed by atoms with Gasteiger partial charge >= 0.3 is 5.97 Å². The van der Waals surface area contributed by atoms with Gasteiger partial charge in [0.25, 0.3) is 0 Å². The minimum Gasteiger partial charge on any atom is -0.462 e. The summed E-state index contributed by atoms with van der Waals surface area (Å²) in [5.74, 6) is 3.58. The van der Waals surface area contributed by atoms with Gasteiger partial charge in [0.05, 0.1) is 6.10 Å². The lowest BCUT2D eigenvalue weighted by molar-refractivity contribution is -0.149. The SMILES string of the molecule is CC(=O)OC1CC2C3C(O)C4C2C4C13. The third-order valence-corrected chi connectivity index (χ3v) is 5.11. The molecule has 6 bridgehead atoms. The molecule has 5 saturated carbocycles. The molecule has 0 aromatic carbocycles. The smallest absolute Gasteiger partial charge is 0.302 e. The van der Waals surface area contributed by atoms with Crippen molar-refractivity contribution in [3.63, 3.8) is 0 Å². The lowest BCUT2D eigenvalue weighted by Gasteiger charge is -2.21. The van der Waals surface area contributed by atoms with Gasteiger partial charge in [-0.2, -0.15) is 0 Å². The van der Waals surface area contributed by atoms with E-state index >= 15 is 0 Å². The number of rotatable bonds is 1. The highest BCUT2D eigenvalue weighted by Crippen LogP contribution is 2.80. The number of aliphatic hydroxyl groups is 1. The van der Waals surface area contributed by atoms with Crippen molar-refractivity contribution in [1.29, 1.82) is 0 Å². The van der Waals surface area contributed by atoms with Crippen LogP contribution >= 0.6 is 0 Å². The van der Waals surface area contributed by atoms with Gasteiger partial charge in [0, 0.05) is 12.8 Å². The average Bonchev–Trinajstić information content (AvgIpc) is 2.38. The number of carbonyl (C=O) groups is 1. The highest BCUT2D eigenvalue weighted by Gasteiger charge is 2.82. The van der Waals surface area contributed by atoms with Crippen LogP contribution in [0.4, 0.5) is 0 Å². The Morgan fingerprint density at radius 1 is 1.21 bits per heavy atom. The van der Waals surface area contributed by atoms with Crippen LogP contribution in [0, 0.1) is 35.5 Å². The molecule has 5 aliphatic rings. The van der Waals surface area contributed by atoms with Gasteiger partial charge in [-0.25, -0.2) is 0 Å². The summed E-state index contributed by atoms with van der Waals surface area (Å²) in [7, 11) is 0. The maximum absolute atomic E-state index is 10.9. The lowest BCUT2D eigenvalue weighted by Crippen LogP contribution is -2.26. The summed E-state index contributed by atoms with van der Waals surface area (Å²) in [6.07, 6.45) is 1.08. The Kier molecular flexibility index (Phi) is 1.10. The Labute approximate surface area is 82.4 Å². The summed E-state index contributed by atoms with van der Waals surface area (Å²) >= 11 is 0. The first-order valence-electron chi connectivity index (χ1n) is 5.55. The standard InChI is InChI=1S/C11H14O3/c1-3(12)14-5-2-4-6-9-8(5)7(4)11(13)10(6)9/h4-11,13H,2H2,1H3. The Morgan fingerprint density at radius 3 is 2.50 bits per heavy atom. The zero-order valence-electron chi connectivity index (χ0n) is 8.09. The Bertz CT molecular complexity index is 320. The zero-order chi connectivity index (χ0) is 9.61. The van der Waals surface area contributed by atoms with Crippen molar-refractivity contribution in [2.24, 2.45) is 35.5 Å². The summed E-state index contributed by atoms with van der Waals surface area (Å²) in [4.78, 5) is 10.9. The second-order valence-electron chi connectivity index (χ2n) is 5.42. The van der Waals surface area contributed by atoms with E-state index in [-0.39, 0.29) is 18.2 Å². The summed E-state index contributed by atoms with van der Waals surface area (Å²) in [6, 6.07) is 0. The third-order valence-electron chi connectivity index (χ3n) is 5.11. The Hall–Kier alpha value is -0.570. The van der Waals surface area contributed by atoms with Crippen molar-refractivity contribution < 1.29 is 14.6 Å². The van der Waals surface area contributed by atoms with Crippen molar-refractivity contribution in [2.45, 2.75) is 25.6 Å². The second-order valence-corrected chi connectivity index (χ2v) is 5.42. The molecule has 0 heterocycles. The molecule has 0 aromatic rings. The van der Waals surface area contributed by atoms with E-state index in [1.807, 2.05) is 0 Å². The van der Waals surface area contributed by atoms with Crippen LogP contribution < -0.4 is 0 Å². The molecule has 0 saturated heterocycles. The number of carbonyl (C=O) groups excluding carboxylic acids is 1. The van der Waals surface area contributed by atoms with Gasteiger partial charge in [-0.1, -0.05) is 0 Å². The van der Waals surface area contributed by atoms with E-state index in [0.29, 0.717) is 29.6 Å². The first-order valence-corrected chi connectivity index (χ1v) is 5.55. The van der Waals surface area contributed by atoms with Crippen molar-refractivity contribution in [3.05, 3.63) is 0 Å². The first-order chi connectivity index (χ1) is 6.70. The van der Waals surface area contributed by atoms with Crippen LogP contribution in [0.2, 0.25) is 0 Å². The predicted octanol–water partition coefficient (Wildman–Crippen LogP) is 0.421. The number of esters is 1. The van der Waals surface area contributed by atoms with Crippen LogP contribution in [-0.4, -0.2) is 23.3 Å². The molecule has 5 rings (SSSR count). The number of ether oxygens (including phenoxy) is 1. The molecule has 0 aliphatic heterocycles.